The lowest BCUT2D eigenvalue weighted by atomic mass is 10.0. The van der Waals surface area contributed by atoms with E-state index in [2.05, 4.69) is 11.9 Å². The summed E-state index contributed by atoms with van der Waals surface area (Å²) in [5, 5.41) is 4.93. The number of benzene rings is 1. The summed E-state index contributed by atoms with van der Waals surface area (Å²) in [7, 11) is 1.39. The molecule has 1 aromatic heterocycles. The highest BCUT2D eigenvalue weighted by Crippen LogP contribution is 2.29. The van der Waals surface area contributed by atoms with Crippen LogP contribution in [0.15, 0.2) is 60.0 Å². The maximum absolute atomic E-state index is 12.5. The molecule has 1 amide bonds. The molecular weight excluding hydrogens is 318 g/mol. The second-order valence-corrected chi connectivity index (χ2v) is 5.89. The lowest BCUT2D eigenvalue weighted by Gasteiger charge is -2.43. The molecule has 0 saturated carbocycles. The van der Waals surface area contributed by atoms with E-state index in [1.165, 1.54) is 13.2 Å². The summed E-state index contributed by atoms with van der Waals surface area (Å²) >= 11 is 0. The number of nitrogens with one attached hydrogen (secondary N) is 1. The summed E-state index contributed by atoms with van der Waals surface area (Å²) in [6.45, 7) is 5.77. The number of rotatable bonds is 5. The van der Waals surface area contributed by atoms with Gasteiger partial charge in [-0.1, -0.05) is 36.4 Å². The molecule has 6 heteroatoms. The predicted molar refractivity (Wildman–Crippen MR) is 96.4 cm³/mol. The zero-order chi connectivity index (χ0) is 18.0. The zero-order valence-corrected chi connectivity index (χ0v) is 14.3. The van der Waals surface area contributed by atoms with Gasteiger partial charge in [0.05, 0.1) is 13.2 Å². The second kappa shape index (κ2) is 6.84. The van der Waals surface area contributed by atoms with Crippen LogP contribution in [-0.4, -0.2) is 23.9 Å². The van der Waals surface area contributed by atoms with E-state index in [0.717, 1.165) is 5.56 Å². The molecule has 2 atom stereocenters. The molecule has 0 spiro atoms. The Kier molecular flexibility index (Phi) is 4.61. The topological polar surface area (TPSA) is 63.6 Å². The number of carbonyl (C=O) groups excluding carboxylic acids is 1. The number of hydrogen-bond donors (Lipinski definition) is 1. The maximum Gasteiger partial charge on any atom is 0.275 e. The highest BCUT2D eigenvalue weighted by Gasteiger charge is 2.35. The molecule has 0 saturated heterocycles. The number of amides is 1. The molecule has 3 rings (SSSR count). The molecule has 2 heterocycles. The number of ether oxygens (including phenoxy) is 1. The Morgan fingerprint density at radius 2 is 2.00 bits per heavy atom. The van der Waals surface area contributed by atoms with Crippen molar-refractivity contribution in [2.24, 2.45) is 0 Å². The van der Waals surface area contributed by atoms with E-state index >= 15 is 0 Å². The van der Waals surface area contributed by atoms with Crippen LogP contribution in [0.2, 0.25) is 0 Å². The molecular formula is C19H21N3O3. The third-order valence-electron chi connectivity index (χ3n) is 4.33. The van der Waals surface area contributed by atoms with Crippen molar-refractivity contribution >= 4 is 5.91 Å². The van der Waals surface area contributed by atoms with E-state index in [-0.39, 0.29) is 35.0 Å². The second-order valence-electron chi connectivity index (χ2n) is 5.89. The van der Waals surface area contributed by atoms with Crippen molar-refractivity contribution in [2.45, 2.75) is 25.6 Å². The monoisotopic (exact) mass is 339 g/mol. The number of fused-ring (bicyclic) bond motifs is 1. The van der Waals surface area contributed by atoms with Gasteiger partial charge in [-0.05, 0) is 18.9 Å². The van der Waals surface area contributed by atoms with Gasteiger partial charge in [-0.2, -0.15) is 0 Å². The number of methoxy groups -OCH3 is 1. The fourth-order valence-corrected chi connectivity index (χ4v) is 3.27. The first-order chi connectivity index (χ1) is 12.1. The van der Waals surface area contributed by atoms with E-state index in [1.807, 2.05) is 48.3 Å². The highest BCUT2D eigenvalue weighted by molar-refractivity contribution is 5.96. The van der Waals surface area contributed by atoms with Gasteiger partial charge in [0, 0.05) is 12.3 Å². The number of hydrogen-bond acceptors (Lipinski definition) is 4. The van der Waals surface area contributed by atoms with Crippen molar-refractivity contribution in [3.05, 3.63) is 76.7 Å². The average Bonchev–Trinajstić information content (AvgIpc) is 2.61. The molecule has 2 aromatic rings. The predicted octanol–water partition coefficient (Wildman–Crippen LogP) is 2.20. The minimum Gasteiger partial charge on any atom is -0.491 e. The molecule has 130 valence electrons. The van der Waals surface area contributed by atoms with Gasteiger partial charge in [-0.3, -0.25) is 19.3 Å². The summed E-state index contributed by atoms with van der Waals surface area (Å²) in [4.78, 5) is 24.6. The van der Waals surface area contributed by atoms with Crippen molar-refractivity contribution in [1.29, 1.82) is 0 Å². The normalized spacial score (nSPS) is 17.4. The molecule has 2 unspecified atom stereocenters. The summed E-state index contributed by atoms with van der Waals surface area (Å²) in [6, 6.07) is 11.4. The van der Waals surface area contributed by atoms with Crippen LogP contribution in [0.3, 0.4) is 0 Å². The van der Waals surface area contributed by atoms with Gasteiger partial charge < -0.3 is 10.1 Å². The smallest absolute Gasteiger partial charge is 0.275 e. The minimum absolute atomic E-state index is 0.0438. The Morgan fingerprint density at radius 3 is 2.64 bits per heavy atom. The molecule has 1 aliphatic rings. The average molecular weight is 339 g/mol. The number of pyridine rings is 1. The lowest BCUT2D eigenvalue weighted by molar-refractivity contribution is 0.0886. The van der Waals surface area contributed by atoms with E-state index in [9.17, 15) is 9.59 Å². The molecule has 25 heavy (non-hydrogen) atoms. The van der Waals surface area contributed by atoms with E-state index < -0.39 is 0 Å². The molecule has 0 aliphatic carbocycles. The third kappa shape index (κ3) is 2.91. The highest BCUT2D eigenvalue weighted by atomic mass is 16.5. The van der Waals surface area contributed by atoms with Crippen LogP contribution < -0.4 is 20.5 Å². The Hall–Kier alpha value is -3.02. The molecule has 0 bridgehead atoms. The third-order valence-corrected chi connectivity index (χ3v) is 4.33. The Labute approximate surface area is 146 Å². The van der Waals surface area contributed by atoms with Crippen LogP contribution >= 0.6 is 0 Å². The van der Waals surface area contributed by atoms with Gasteiger partial charge in [0.2, 0.25) is 5.43 Å². The van der Waals surface area contributed by atoms with Gasteiger partial charge in [-0.15, -0.1) is 6.58 Å². The van der Waals surface area contributed by atoms with Crippen LogP contribution in [0, 0.1) is 0 Å². The first-order valence-corrected chi connectivity index (χ1v) is 8.13. The fraction of sp³-hybridized carbons (Fsp3) is 0.263. The van der Waals surface area contributed by atoms with Crippen molar-refractivity contribution in [3.63, 3.8) is 0 Å². The number of aromatic nitrogens is 1. The molecule has 1 aromatic carbocycles. The summed E-state index contributed by atoms with van der Waals surface area (Å²) in [6.07, 6.45) is 3.88. The molecule has 0 fully saturated rings. The first-order valence-electron chi connectivity index (χ1n) is 8.13. The van der Waals surface area contributed by atoms with E-state index in [1.54, 1.807) is 10.9 Å². The Balaban J connectivity index is 2.19. The lowest BCUT2D eigenvalue weighted by Crippen LogP contribution is -2.59. The maximum atomic E-state index is 12.5. The SMILES string of the molecule is C=CCC(c1ccccc1)N1C(C)NC(=O)c2c(OC)c(=O)ccn21. The van der Waals surface area contributed by atoms with Crippen molar-refractivity contribution < 1.29 is 9.53 Å². The largest absolute Gasteiger partial charge is 0.491 e. The summed E-state index contributed by atoms with van der Waals surface area (Å²) in [5.41, 5.74) is 0.977. The molecule has 1 N–H and O–H groups in total. The van der Waals surface area contributed by atoms with Gasteiger partial charge in [-0.25, -0.2) is 0 Å². The van der Waals surface area contributed by atoms with Gasteiger partial charge in [0.1, 0.15) is 6.17 Å². The molecule has 0 radical (unpaired) electrons. The standard InChI is InChI=1S/C19H21N3O3/c1-4-8-15(14-9-6-5-7-10-14)22-13(2)20-19(24)17-18(25-3)16(23)11-12-21(17)22/h4-7,9-13,15H,1,8H2,2-3H3,(H,20,24). The van der Waals surface area contributed by atoms with Crippen LogP contribution in [0.1, 0.15) is 35.4 Å². The zero-order valence-electron chi connectivity index (χ0n) is 14.3. The van der Waals surface area contributed by atoms with Crippen LogP contribution in [-0.2, 0) is 0 Å². The minimum atomic E-state index is -0.330. The van der Waals surface area contributed by atoms with Crippen molar-refractivity contribution in [1.82, 2.24) is 9.99 Å². The fourth-order valence-electron chi connectivity index (χ4n) is 3.27. The summed E-state index contributed by atoms with van der Waals surface area (Å²) < 4.78 is 6.92. The summed E-state index contributed by atoms with van der Waals surface area (Å²) in [5.74, 6) is -0.286. The van der Waals surface area contributed by atoms with Crippen LogP contribution in [0.25, 0.3) is 0 Å². The van der Waals surface area contributed by atoms with Gasteiger partial charge in [0.15, 0.2) is 11.4 Å². The van der Waals surface area contributed by atoms with Gasteiger partial charge >= 0.3 is 0 Å². The number of nitrogens with zero attached hydrogens (tertiary/aromatic N) is 2. The first kappa shape index (κ1) is 16.8. The Morgan fingerprint density at radius 1 is 1.28 bits per heavy atom. The van der Waals surface area contributed by atoms with Crippen LogP contribution in [0.5, 0.6) is 5.75 Å². The number of carbonyl (C=O) groups is 1. The van der Waals surface area contributed by atoms with E-state index in [0.29, 0.717) is 6.42 Å². The molecule has 6 nitrogen and oxygen atoms in total. The van der Waals surface area contributed by atoms with Crippen LogP contribution in [0.4, 0.5) is 0 Å². The quantitative estimate of drug-likeness (QED) is 0.848. The van der Waals surface area contributed by atoms with E-state index in [4.69, 9.17) is 4.74 Å². The molecule has 1 aliphatic heterocycles. The van der Waals surface area contributed by atoms with Gasteiger partial charge in [0.25, 0.3) is 5.91 Å². The van der Waals surface area contributed by atoms with Crippen molar-refractivity contribution in [3.8, 4) is 5.75 Å². The van der Waals surface area contributed by atoms with Crippen molar-refractivity contribution in [2.75, 3.05) is 12.1 Å². The Bertz CT molecular complexity index is 845.